The van der Waals surface area contributed by atoms with Gasteiger partial charge in [-0.25, -0.2) is 4.79 Å². The van der Waals surface area contributed by atoms with Gasteiger partial charge in [0.1, 0.15) is 24.0 Å². The topological polar surface area (TPSA) is 169 Å². The fourth-order valence-corrected chi connectivity index (χ4v) is 3.03. The Morgan fingerprint density at radius 1 is 1.24 bits per heavy atom. The van der Waals surface area contributed by atoms with E-state index in [1.165, 1.54) is 38.3 Å². The summed E-state index contributed by atoms with van der Waals surface area (Å²) in [6.07, 6.45) is -0.657. The number of nitrogens with two attached hydrogens (primary N) is 1. The number of methoxy groups -OCH3 is 1. The van der Waals surface area contributed by atoms with Gasteiger partial charge < -0.3 is 36.3 Å². The lowest BCUT2D eigenvalue weighted by molar-refractivity contribution is -0.125. The van der Waals surface area contributed by atoms with Crippen LogP contribution in [0.3, 0.4) is 0 Å². The third-order valence-corrected chi connectivity index (χ3v) is 4.92. The van der Waals surface area contributed by atoms with Gasteiger partial charge in [0.2, 0.25) is 11.8 Å². The summed E-state index contributed by atoms with van der Waals surface area (Å²) in [6.45, 7) is 5.03. The molecule has 0 spiro atoms. The van der Waals surface area contributed by atoms with Crippen LogP contribution >= 0.6 is 0 Å². The molecule has 0 radical (unpaired) electrons. The molecule has 0 bridgehead atoms. The fraction of sp³-hybridized carbons (Fsp3) is 0.364. The minimum Gasteiger partial charge on any atom is -0.497 e. The number of hydrogen-bond donors (Lipinski definition) is 5. The monoisotopic (exact) mass is 460 g/mol. The first-order valence-electron chi connectivity index (χ1n) is 10.2. The van der Waals surface area contributed by atoms with Gasteiger partial charge in [-0.3, -0.25) is 14.4 Å². The van der Waals surface area contributed by atoms with Crippen LogP contribution in [0.15, 0.2) is 48.6 Å². The van der Waals surface area contributed by atoms with Gasteiger partial charge in [-0.1, -0.05) is 12.2 Å². The maximum absolute atomic E-state index is 12.7. The highest BCUT2D eigenvalue weighted by Gasteiger charge is 2.37. The number of benzene rings is 1. The highest BCUT2D eigenvalue weighted by atomic mass is 16.6. The standard InChI is InChI=1S/C22H28N4O7/c1-4-9-24-22(31)33-17-11-14(21(30)25-12(2)19(23)28)10-16(18(17)27)26-20(29)13-5-7-15(32-3)8-6-13/h4-8,10,12,16-18,27H,1,9,11H2,2-3H3,(H2,23,28)(H,24,31)(H,25,30)(H,26,29). The number of nitrogens with one attached hydrogen (secondary N) is 3. The van der Waals surface area contributed by atoms with Crippen molar-refractivity contribution in [2.45, 2.75) is 37.6 Å². The zero-order valence-electron chi connectivity index (χ0n) is 18.4. The Hall–Kier alpha value is -3.86. The van der Waals surface area contributed by atoms with E-state index in [1.54, 1.807) is 12.1 Å². The Labute approximate surface area is 191 Å². The molecule has 4 atom stereocenters. The van der Waals surface area contributed by atoms with Gasteiger partial charge in [-0.2, -0.15) is 0 Å². The number of rotatable bonds is 9. The normalized spacial score (nSPS) is 20.5. The summed E-state index contributed by atoms with van der Waals surface area (Å²) >= 11 is 0. The highest BCUT2D eigenvalue weighted by Crippen LogP contribution is 2.23. The third-order valence-electron chi connectivity index (χ3n) is 4.92. The number of ether oxygens (including phenoxy) is 2. The maximum atomic E-state index is 12.7. The van der Waals surface area contributed by atoms with E-state index in [0.29, 0.717) is 5.75 Å². The molecule has 0 saturated heterocycles. The molecule has 6 N–H and O–H groups in total. The summed E-state index contributed by atoms with van der Waals surface area (Å²) in [7, 11) is 1.50. The van der Waals surface area contributed by atoms with Crippen LogP contribution in [-0.2, 0) is 14.3 Å². The molecule has 1 aromatic carbocycles. The zero-order chi connectivity index (χ0) is 24.5. The molecular weight excluding hydrogens is 432 g/mol. The number of carbonyl (C=O) groups excluding carboxylic acids is 4. The SMILES string of the molecule is C=CCNC(=O)OC1CC(C(=O)NC(C)C(N)=O)=CC(NC(=O)c2ccc(OC)cc2)C1O. The number of amides is 4. The molecule has 0 saturated carbocycles. The lowest BCUT2D eigenvalue weighted by Crippen LogP contribution is -2.53. The van der Waals surface area contributed by atoms with E-state index in [-0.39, 0.29) is 24.1 Å². The third kappa shape index (κ3) is 7.07. The van der Waals surface area contributed by atoms with E-state index in [2.05, 4.69) is 22.5 Å². The van der Waals surface area contributed by atoms with Gasteiger partial charge in [0.05, 0.1) is 13.2 Å². The molecule has 33 heavy (non-hydrogen) atoms. The summed E-state index contributed by atoms with van der Waals surface area (Å²) in [5, 5.41) is 18.2. The molecule has 0 aliphatic heterocycles. The van der Waals surface area contributed by atoms with Gasteiger partial charge in [0.15, 0.2) is 0 Å². The fourth-order valence-electron chi connectivity index (χ4n) is 3.03. The van der Waals surface area contributed by atoms with Crippen LogP contribution in [-0.4, -0.2) is 66.9 Å². The summed E-state index contributed by atoms with van der Waals surface area (Å²) in [4.78, 5) is 48.6. The van der Waals surface area contributed by atoms with Crippen molar-refractivity contribution in [2.24, 2.45) is 5.73 Å². The number of hydrogen-bond acceptors (Lipinski definition) is 7. The summed E-state index contributed by atoms with van der Waals surface area (Å²) in [6, 6.07) is 4.25. The van der Waals surface area contributed by atoms with Crippen molar-refractivity contribution < 1.29 is 33.8 Å². The zero-order valence-corrected chi connectivity index (χ0v) is 18.4. The van der Waals surface area contributed by atoms with Crippen molar-refractivity contribution in [2.75, 3.05) is 13.7 Å². The number of primary amides is 1. The van der Waals surface area contributed by atoms with E-state index in [1.807, 2.05) is 0 Å². The second-order valence-corrected chi connectivity index (χ2v) is 7.33. The van der Waals surface area contributed by atoms with Crippen LogP contribution in [0.25, 0.3) is 0 Å². The van der Waals surface area contributed by atoms with E-state index in [4.69, 9.17) is 15.2 Å². The number of aliphatic hydroxyl groups excluding tert-OH is 1. The molecule has 4 unspecified atom stereocenters. The molecule has 0 aromatic heterocycles. The minimum absolute atomic E-state index is 0.106. The van der Waals surface area contributed by atoms with Gasteiger partial charge in [0, 0.05) is 24.1 Å². The van der Waals surface area contributed by atoms with Crippen LogP contribution in [0.1, 0.15) is 23.7 Å². The molecule has 1 aromatic rings. The van der Waals surface area contributed by atoms with Crippen LogP contribution in [0.2, 0.25) is 0 Å². The maximum Gasteiger partial charge on any atom is 0.407 e. The van der Waals surface area contributed by atoms with Crippen LogP contribution in [0.5, 0.6) is 5.75 Å². The van der Waals surface area contributed by atoms with Crippen molar-refractivity contribution in [3.63, 3.8) is 0 Å². The Bertz CT molecular complexity index is 929. The molecule has 0 heterocycles. The van der Waals surface area contributed by atoms with E-state index >= 15 is 0 Å². The first kappa shape index (κ1) is 25.4. The van der Waals surface area contributed by atoms with Gasteiger partial charge in [-0.05, 0) is 31.2 Å². The van der Waals surface area contributed by atoms with Crippen molar-refractivity contribution in [3.05, 3.63) is 54.1 Å². The molecule has 0 fully saturated rings. The number of alkyl carbamates (subject to hydrolysis) is 1. The smallest absolute Gasteiger partial charge is 0.407 e. The second-order valence-electron chi connectivity index (χ2n) is 7.33. The largest absolute Gasteiger partial charge is 0.497 e. The van der Waals surface area contributed by atoms with E-state index in [0.717, 1.165) is 0 Å². The molecule has 2 rings (SSSR count). The van der Waals surface area contributed by atoms with Gasteiger partial charge in [0.25, 0.3) is 5.91 Å². The lowest BCUT2D eigenvalue weighted by atomic mass is 9.89. The van der Waals surface area contributed by atoms with Crippen molar-refractivity contribution >= 4 is 23.8 Å². The van der Waals surface area contributed by atoms with Crippen molar-refractivity contribution in [1.82, 2.24) is 16.0 Å². The molecule has 11 heteroatoms. The van der Waals surface area contributed by atoms with E-state index in [9.17, 15) is 24.3 Å². The first-order chi connectivity index (χ1) is 15.7. The number of carbonyl (C=O) groups is 4. The van der Waals surface area contributed by atoms with E-state index < -0.39 is 48.1 Å². The average Bonchev–Trinajstić information content (AvgIpc) is 2.79. The summed E-state index contributed by atoms with van der Waals surface area (Å²) < 4.78 is 10.3. The summed E-state index contributed by atoms with van der Waals surface area (Å²) in [5.74, 6) is -1.34. The lowest BCUT2D eigenvalue weighted by Gasteiger charge is -2.33. The predicted molar refractivity (Wildman–Crippen MR) is 118 cm³/mol. The second kappa shape index (κ2) is 11.7. The molecule has 178 valence electrons. The predicted octanol–water partition coefficient (Wildman–Crippen LogP) is -0.245. The molecule has 4 amide bonds. The van der Waals surface area contributed by atoms with Crippen LogP contribution in [0, 0.1) is 0 Å². The van der Waals surface area contributed by atoms with Crippen molar-refractivity contribution in [1.29, 1.82) is 0 Å². The molecule has 1 aliphatic carbocycles. The van der Waals surface area contributed by atoms with Crippen molar-refractivity contribution in [3.8, 4) is 5.75 Å². The minimum atomic E-state index is -1.34. The number of aliphatic hydroxyl groups is 1. The molecule has 1 aliphatic rings. The van der Waals surface area contributed by atoms with Crippen LogP contribution in [0.4, 0.5) is 4.79 Å². The Kier molecular flexibility index (Phi) is 8.98. The highest BCUT2D eigenvalue weighted by molar-refractivity contribution is 5.98. The Morgan fingerprint density at radius 3 is 2.48 bits per heavy atom. The summed E-state index contributed by atoms with van der Waals surface area (Å²) in [5.41, 5.74) is 5.58. The van der Waals surface area contributed by atoms with Gasteiger partial charge in [-0.15, -0.1) is 6.58 Å². The Morgan fingerprint density at radius 2 is 1.91 bits per heavy atom. The molecule has 11 nitrogen and oxygen atoms in total. The van der Waals surface area contributed by atoms with Crippen LogP contribution < -0.4 is 26.4 Å². The average molecular weight is 460 g/mol. The first-order valence-corrected chi connectivity index (χ1v) is 10.2. The Balaban J connectivity index is 2.24. The quantitative estimate of drug-likeness (QED) is 0.317. The van der Waals surface area contributed by atoms with Gasteiger partial charge >= 0.3 is 6.09 Å². The molecular formula is C22H28N4O7.